The third-order valence-electron chi connectivity index (χ3n) is 3.79. The molecule has 1 heterocycles. The Morgan fingerprint density at radius 3 is 2.83 bits per heavy atom. The Hall–Kier alpha value is -0.170. The summed E-state index contributed by atoms with van der Waals surface area (Å²) in [6.07, 6.45) is 6.16. The van der Waals surface area contributed by atoms with Crippen LogP contribution >= 0.6 is 0 Å². The van der Waals surface area contributed by atoms with E-state index in [9.17, 15) is 8.42 Å². The lowest BCUT2D eigenvalue weighted by molar-refractivity contribution is -0.223. The first-order valence-electron chi connectivity index (χ1n) is 6.61. The lowest BCUT2D eigenvalue weighted by Gasteiger charge is -2.39. The van der Waals surface area contributed by atoms with E-state index in [1.54, 1.807) is 0 Å². The Kier molecular flexibility index (Phi) is 4.31. The smallest absolute Gasteiger partial charge is 0.264 e. The molecule has 0 amide bonds. The van der Waals surface area contributed by atoms with E-state index in [1.165, 1.54) is 6.42 Å². The fraction of sp³-hybridized carbons (Fsp3) is 1.00. The topological polar surface area (TPSA) is 61.8 Å². The highest BCUT2D eigenvalue weighted by atomic mass is 32.2. The van der Waals surface area contributed by atoms with E-state index in [0.717, 1.165) is 31.9 Å². The van der Waals surface area contributed by atoms with Crippen LogP contribution < -0.4 is 0 Å². The molecule has 2 aliphatic rings. The number of hydrogen-bond acceptors (Lipinski definition) is 5. The average Bonchev–Trinajstić information content (AvgIpc) is 2.71. The third-order valence-corrected chi connectivity index (χ3v) is 4.35. The Morgan fingerprint density at radius 2 is 2.17 bits per heavy atom. The van der Waals surface area contributed by atoms with Crippen LogP contribution in [0.1, 0.15) is 39.0 Å². The molecule has 0 bridgehead atoms. The molecule has 1 spiro atoms. The second-order valence-electron chi connectivity index (χ2n) is 5.20. The fourth-order valence-electron chi connectivity index (χ4n) is 2.91. The zero-order valence-corrected chi connectivity index (χ0v) is 11.9. The molecule has 0 aromatic carbocycles. The highest BCUT2D eigenvalue weighted by molar-refractivity contribution is 7.85. The predicted molar refractivity (Wildman–Crippen MR) is 66.6 cm³/mol. The molecule has 18 heavy (non-hydrogen) atoms. The van der Waals surface area contributed by atoms with E-state index < -0.39 is 15.9 Å². The van der Waals surface area contributed by atoms with Crippen molar-refractivity contribution >= 4 is 10.1 Å². The Bertz CT molecular complexity index is 380. The molecule has 1 aliphatic heterocycles. The zero-order valence-electron chi connectivity index (χ0n) is 11.1. The minimum absolute atomic E-state index is 0.0526. The Morgan fingerprint density at radius 1 is 1.39 bits per heavy atom. The molecule has 6 heteroatoms. The minimum Gasteiger partial charge on any atom is -0.347 e. The van der Waals surface area contributed by atoms with Gasteiger partial charge in [-0.05, 0) is 19.3 Å². The first-order chi connectivity index (χ1) is 8.45. The van der Waals surface area contributed by atoms with Crippen molar-refractivity contribution in [2.24, 2.45) is 5.92 Å². The molecule has 1 saturated heterocycles. The van der Waals surface area contributed by atoms with Crippen molar-refractivity contribution in [2.75, 3.05) is 19.5 Å². The number of rotatable bonds is 4. The monoisotopic (exact) mass is 278 g/mol. The van der Waals surface area contributed by atoms with E-state index in [4.69, 9.17) is 13.7 Å². The summed E-state index contributed by atoms with van der Waals surface area (Å²) in [4.78, 5) is 0. The molecule has 1 saturated carbocycles. The highest BCUT2D eigenvalue weighted by Gasteiger charge is 2.48. The van der Waals surface area contributed by atoms with Gasteiger partial charge in [0.1, 0.15) is 6.10 Å². The summed E-state index contributed by atoms with van der Waals surface area (Å²) in [5, 5.41) is 0. The summed E-state index contributed by atoms with van der Waals surface area (Å²) in [5.74, 6) is -0.0760. The van der Waals surface area contributed by atoms with Gasteiger partial charge < -0.3 is 9.47 Å². The summed E-state index contributed by atoms with van der Waals surface area (Å²) >= 11 is 0. The van der Waals surface area contributed by atoms with Crippen LogP contribution in [0.5, 0.6) is 0 Å². The van der Waals surface area contributed by atoms with Gasteiger partial charge >= 0.3 is 0 Å². The van der Waals surface area contributed by atoms with Gasteiger partial charge in [0, 0.05) is 12.3 Å². The SMILES string of the molecule is CCC1CCCCC12OCC(COS(C)(=O)=O)O2. The standard InChI is InChI=1S/C12H22O5S/c1-3-10-6-4-5-7-12(10)15-8-11(17-12)9-16-18(2,13)14/h10-11H,3-9H2,1-2H3. The zero-order chi connectivity index (χ0) is 13.2. The van der Waals surface area contributed by atoms with Crippen LogP contribution in [-0.2, 0) is 23.8 Å². The molecule has 0 aromatic rings. The lowest BCUT2D eigenvalue weighted by Crippen LogP contribution is -2.42. The average molecular weight is 278 g/mol. The van der Waals surface area contributed by atoms with E-state index in [1.807, 2.05) is 0 Å². The summed E-state index contributed by atoms with van der Waals surface area (Å²) in [7, 11) is -3.41. The van der Waals surface area contributed by atoms with Crippen LogP contribution in [0.25, 0.3) is 0 Å². The van der Waals surface area contributed by atoms with E-state index in [0.29, 0.717) is 12.5 Å². The van der Waals surface area contributed by atoms with Crippen molar-refractivity contribution in [1.29, 1.82) is 0 Å². The van der Waals surface area contributed by atoms with E-state index in [-0.39, 0.29) is 12.7 Å². The van der Waals surface area contributed by atoms with Gasteiger partial charge in [-0.25, -0.2) is 0 Å². The van der Waals surface area contributed by atoms with Crippen molar-refractivity contribution in [3.8, 4) is 0 Å². The molecule has 0 N–H and O–H groups in total. The van der Waals surface area contributed by atoms with Crippen LogP contribution in [0.4, 0.5) is 0 Å². The van der Waals surface area contributed by atoms with Crippen LogP contribution in [0.2, 0.25) is 0 Å². The number of ether oxygens (including phenoxy) is 2. The molecule has 3 unspecified atom stereocenters. The first kappa shape index (κ1) is 14.2. The molecular weight excluding hydrogens is 256 g/mol. The van der Waals surface area contributed by atoms with Crippen molar-refractivity contribution in [3.63, 3.8) is 0 Å². The van der Waals surface area contributed by atoms with Gasteiger partial charge in [0.25, 0.3) is 10.1 Å². The highest BCUT2D eigenvalue weighted by Crippen LogP contribution is 2.43. The predicted octanol–water partition coefficient (Wildman–Crippen LogP) is 1.67. The lowest BCUT2D eigenvalue weighted by atomic mass is 9.81. The molecule has 0 aromatic heterocycles. The maximum atomic E-state index is 11.0. The van der Waals surface area contributed by atoms with Gasteiger partial charge in [-0.1, -0.05) is 13.3 Å². The molecule has 2 rings (SSSR count). The molecule has 3 atom stereocenters. The van der Waals surface area contributed by atoms with Gasteiger partial charge in [0.2, 0.25) is 0 Å². The van der Waals surface area contributed by atoms with E-state index in [2.05, 4.69) is 6.92 Å². The first-order valence-corrected chi connectivity index (χ1v) is 8.43. The van der Waals surface area contributed by atoms with Gasteiger partial charge in [0.15, 0.2) is 5.79 Å². The van der Waals surface area contributed by atoms with Crippen molar-refractivity contribution in [1.82, 2.24) is 0 Å². The quantitative estimate of drug-likeness (QED) is 0.732. The van der Waals surface area contributed by atoms with Gasteiger partial charge in [-0.2, -0.15) is 8.42 Å². The van der Waals surface area contributed by atoms with Crippen molar-refractivity contribution < 1.29 is 22.1 Å². The normalized spacial score (nSPS) is 37.2. The summed E-state index contributed by atoms with van der Waals surface area (Å²) in [6, 6.07) is 0. The molecule has 0 radical (unpaired) electrons. The van der Waals surface area contributed by atoms with Crippen molar-refractivity contribution in [3.05, 3.63) is 0 Å². The summed E-state index contributed by atoms with van der Waals surface area (Å²) in [5.41, 5.74) is 0. The second-order valence-corrected chi connectivity index (χ2v) is 6.85. The van der Waals surface area contributed by atoms with Crippen LogP contribution in [0.15, 0.2) is 0 Å². The maximum absolute atomic E-state index is 11.0. The summed E-state index contributed by atoms with van der Waals surface area (Å²) in [6.45, 7) is 2.62. The third kappa shape index (κ3) is 3.23. The van der Waals surface area contributed by atoms with Crippen molar-refractivity contribution in [2.45, 2.75) is 50.9 Å². The molecule has 106 valence electrons. The second kappa shape index (κ2) is 5.45. The van der Waals surface area contributed by atoms with Crippen LogP contribution in [0, 0.1) is 5.92 Å². The number of hydrogen-bond donors (Lipinski definition) is 0. The molecule has 2 fully saturated rings. The van der Waals surface area contributed by atoms with Gasteiger partial charge in [-0.15, -0.1) is 0 Å². The largest absolute Gasteiger partial charge is 0.347 e. The van der Waals surface area contributed by atoms with E-state index >= 15 is 0 Å². The Balaban J connectivity index is 1.93. The molecule has 5 nitrogen and oxygen atoms in total. The Labute approximate surface area is 109 Å². The molecule has 1 aliphatic carbocycles. The molecular formula is C12H22O5S. The maximum Gasteiger partial charge on any atom is 0.264 e. The summed E-state index contributed by atoms with van der Waals surface area (Å²) < 4.78 is 38.5. The van der Waals surface area contributed by atoms with Crippen LogP contribution in [-0.4, -0.2) is 39.8 Å². The van der Waals surface area contributed by atoms with Gasteiger partial charge in [0.05, 0.1) is 19.5 Å². The fourth-order valence-corrected chi connectivity index (χ4v) is 3.31. The van der Waals surface area contributed by atoms with Crippen LogP contribution in [0.3, 0.4) is 0 Å². The minimum atomic E-state index is -3.41. The van der Waals surface area contributed by atoms with Gasteiger partial charge in [-0.3, -0.25) is 4.18 Å².